The monoisotopic (exact) mass is 378 g/mol. The fourth-order valence-corrected chi connectivity index (χ4v) is 3.69. The second-order valence-corrected chi connectivity index (χ2v) is 6.67. The number of hydrogen-bond acceptors (Lipinski definition) is 4. The van der Waals surface area contributed by atoms with Crippen LogP contribution in [0.2, 0.25) is 0 Å². The molecule has 1 saturated heterocycles. The van der Waals surface area contributed by atoms with Crippen LogP contribution in [-0.4, -0.2) is 35.4 Å². The Bertz CT molecular complexity index is 490. The molecular formula is C14H19BrO5S. The molecule has 2 rings (SSSR count). The zero-order chi connectivity index (χ0) is 15.2. The molecule has 3 atom stereocenters. The Balaban J connectivity index is 2.09. The van der Waals surface area contributed by atoms with Gasteiger partial charge in [-0.25, -0.2) is 4.21 Å². The van der Waals surface area contributed by atoms with Crippen LogP contribution in [0.5, 0.6) is 5.75 Å². The summed E-state index contributed by atoms with van der Waals surface area (Å²) >= 11 is 1.37. The fourth-order valence-electron chi connectivity index (χ4n) is 2.23. The van der Waals surface area contributed by atoms with E-state index in [1.54, 1.807) is 25.3 Å². The summed E-state index contributed by atoms with van der Waals surface area (Å²) in [4.78, 5) is 0. The highest BCUT2D eigenvalue weighted by atomic mass is 79.9. The van der Waals surface area contributed by atoms with E-state index >= 15 is 0 Å². The fraction of sp³-hybridized carbons (Fsp3) is 0.571. The maximum Gasteiger partial charge on any atom is 0.162 e. The van der Waals surface area contributed by atoms with Crippen LogP contribution >= 0.6 is 15.9 Å². The van der Waals surface area contributed by atoms with Gasteiger partial charge < -0.3 is 18.8 Å². The third kappa shape index (κ3) is 4.50. The molecule has 0 amide bonds. The summed E-state index contributed by atoms with van der Waals surface area (Å²) in [5, 5.41) is -0.653. The van der Waals surface area contributed by atoms with Gasteiger partial charge >= 0.3 is 0 Å². The Morgan fingerprint density at radius 2 is 2.33 bits per heavy atom. The molecule has 1 aromatic carbocycles. The van der Waals surface area contributed by atoms with Crippen molar-refractivity contribution < 1.29 is 23.0 Å². The van der Waals surface area contributed by atoms with E-state index in [4.69, 9.17) is 14.2 Å². The molecule has 0 spiro atoms. The van der Waals surface area contributed by atoms with Gasteiger partial charge in [0.25, 0.3) is 0 Å². The summed E-state index contributed by atoms with van der Waals surface area (Å²) < 4.78 is 38.2. The summed E-state index contributed by atoms with van der Waals surface area (Å²) in [5.74, 6) is 0.622. The first-order chi connectivity index (χ1) is 10.1. The molecule has 118 valence electrons. The van der Waals surface area contributed by atoms with Gasteiger partial charge in [-0.3, -0.25) is 0 Å². The number of ether oxygens (including phenoxy) is 3. The molecule has 0 aromatic heterocycles. The largest absolute Gasteiger partial charge is 0.496 e. The minimum Gasteiger partial charge on any atom is -0.496 e. The number of methoxy groups -OCH3 is 1. The van der Waals surface area contributed by atoms with Crippen LogP contribution in [0.1, 0.15) is 30.1 Å². The summed E-state index contributed by atoms with van der Waals surface area (Å²) in [5.41, 5.74) is 0.686. The smallest absolute Gasteiger partial charge is 0.162 e. The highest BCUT2D eigenvalue weighted by molar-refractivity contribution is 9.10. The predicted octanol–water partition coefficient (Wildman–Crippen LogP) is 3.26. The minimum atomic E-state index is -2.05. The summed E-state index contributed by atoms with van der Waals surface area (Å²) in [7, 11) is 1.56. The van der Waals surface area contributed by atoms with Gasteiger partial charge in [-0.2, -0.15) is 0 Å². The summed E-state index contributed by atoms with van der Waals surface area (Å²) in [6, 6.07) is 5.36. The van der Waals surface area contributed by atoms with Crippen LogP contribution < -0.4 is 4.74 Å². The van der Waals surface area contributed by atoms with E-state index in [-0.39, 0.29) is 12.9 Å². The van der Waals surface area contributed by atoms with Crippen LogP contribution in [0.4, 0.5) is 0 Å². The van der Waals surface area contributed by atoms with Gasteiger partial charge in [0.15, 0.2) is 17.4 Å². The Kier molecular flexibility index (Phi) is 6.63. The molecule has 21 heavy (non-hydrogen) atoms. The van der Waals surface area contributed by atoms with E-state index in [1.165, 1.54) is 0 Å². The lowest BCUT2D eigenvalue weighted by molar-refractivity contribution is -0.162. The SMILES string of the molecule is COc1cccc(C(COC2CCCCO2)S(=O)O)c1Br. The zero-order valence-corrected chi connectivity index (χ0v) is 14.2. The van der Waals surface area contributed by atoms with Gasteiger partial charge in [0.05, 0.1) is 18.2 Å². The number of hydrogen-bond donors (Lipinski definition) is 1. The van der Waals surface area contributed by atoms with Crippen molar-refractivity contribution >= 4 is 27.0 Å². The lowest BCUT2D eigenvalue weighted by atomic mass is 10.1. The predicted molar refractivity (Wildman–Crippen MR) is 83.7 cm³/mol. The van der Waals surface area contributed by atoms with Gasteiger partial charge in [0, 0.05) is 6.61 Å². The standard InChI is InChI=1S/C14H19BrO5S/c1-18-11-6-4-5-10(14(11)15)12(21(16)17)9-20-13-7-2-3-8-19-13/h4-6,12-13H,2-3,7-9H2,1H3,(H,16,17). The molecule has 1 N–H and O–H groups in total. The Morgan fingerprint density at radius 1 is 1.52 bits per heavy atom. The van der Waals surface area contributed by atoms with Crippen LogP contribution in [0.25, 0.3) is 0 Å². The lowest BCUT2D eigenvalue weighted by Crippen LogP contribution is -2.25. The van der Waals surface area contributed by atoms with Crippen LogP contribution in [0.3, 0.4) is 0 Å². The third-order valence-corrected chi connectivity index (χ3v) is 5.10. The van der Waals surface area contributed by atoms with Gasteiger partial charge in [-0.1, -0.05) is 12.1 Å². The van der Waals surface area contributed by atoms with Crippen molar-refractivity contribution in [2.24, 2.45) is 0 Å². The molecule has 0 bridgehead atoms. The Hall–Kier alpha value is -0.470. The number of benzene rings is 1. The molecule has 3 unspecified atom stereocenters. The highest BCUT2D eigenvalue weighted by Gasteiger charge is 2.25. The normalized spacial score (nSPS) is 21.8. The van der Waals surface area contributed by atoms with Crippen LogP contribution in [0, 0.1) is 0 Å². The summed E-state index contributed by atoms with van der Waals surface area (Å²) in [6.45, 7) is 0.806. The topological polar surface area (TPSA) is 65.0 Å². The van der Waals surface area contributed by atoms with Crippen molar-refractivity contribution in [2.45, 2.75) is 30.8 Å². The van der Waals surface area contributed by atoms with Gasteiger partial charge in [0.1, 0.15) is 11.0 Å². The minimum absolute atomic E-state index is 0.125. The van der Waals surface area contributed by atoms with E-state index in [9.17, 15) is 8.76 Å². The molecule has 7 heteroatoms. The zero-order valence-electron chi connectivity index (χ0n) is 11.8. The molecule has 1 fully saturated rings. The first-order valence-electron chi connectivity index (χ1n) is 6.78. The molecule has 1 aliphatic heterocycles. The van der Waals surface area contributed by atoms with Gasteiger partial charge in [0.2, 0.25) is 0 Å². The first kappa shape index (κ1) is 16.9. The number of halogens is 1. The van der Waals surface area contributed by atoms with E-state index in [0.29, 0.717) is 22.4 Å². The Labute approximate surface area is 135 Å². The van der Waals surface area contributed by atoms with Crippen molar-refractivity contribution in [3.05, 3.63) is 28.2 Å². The van der Waals surface area contributed by atoms with E-state index < -0.39 is 16.3 Å². The molecule has 1 aliphatic rings. The molecule has 1 heterocycles. The first-order valence-corrected chi connectivity index (χ1v) is 8.75. The van der Waals surface area contributed by atoms with E-state index in [0.717, 1.165) is 19.3 Å². The molecular weight excluding hydrogens is 360 g/mol. The van der Waals surface area contributed by atoms with Crippen LogP contribution in [0.15, 0.2) is 22.7 Å². The van der Waals surface area contributed by atoms with Gasteiger partial charge in [-0.15, -0.1) is 0 Å². The second-order valence-electron chi connectivity index (χ2n) is 4.76. The quantitative estimate of drug-likeness (QED) is 0.769. The molecule has 1 aromatic rings. The highest BCUT2D eigenvalue weighted by Crippen LogP contribution is 2.34. The van der Waals surface area contributed by atoms with Crippen molar-refractivity contribution in [3.8, 4) is 5.75 Å². The van der Waals surface area contributed by atoms with Crippen LogP contribution in [-0.2, 0) is 20.6 Å². The van der Waals surface area contributed by atoms with Crippen molar-refractivity contribution in [1.29, 1.82) is 0 Å². The number of rotatable bonds is 6. The molecule has 0 radical (unpaired) electrons. The average molecular weight is 379 g/mol. The summed E-state index contributed by atoms with van der Waals surface area (Å²) in [6.07, 6.45) is 2.63. The third-order valence-electron chi connectivity index (χ3n) is 3.37. The van der Waals surface area contributed by atoms with Crippen molar-refractivity contribution in [2.75, 3.05) is 20.3 Å². The van der Waals surface area contributed by atoms with Gasteiger partial charge in [-0.05, 0) is 46.8 Å². The lowest BCUT2D eigenvalue weighted by Gasteiger charge is -2.25. The molecule has 0 saturated carbocycles. The van der Waals surface area contributed by atoms with Crippen molar-refractivity contribution in [1.82, 2.24) is 0 Å². The Morgan fingerprint density at radius 3 is 2.95 bits per heavy atom. The molecule has 5 nitrogen and oxygen atoms in total. The second kappa shape index (κ2) is 8.24. The van der Waals surface area contributed by atoms with E-state index in [2.05, 4.69) is 15.9 Å². The maximum atomic E-state index is 11.7. The van der Waals surface area contributed by atoms with Crippen molar-refractivity contribution in [3.63, 3.8) is 0 Å². The van der Waals surface area contributed by atoms with E-state index in [1.807, 2.05) is 0 Å². The maximum absolute atomic E-state index is 11.7. The molecule has 0 aliphatic carbocycles. The average Bonchev–Trinajstić information content (AvgIpc) is 2.49.